The van der Waals surface area contributed by atoms with E-state index in [9.17, 15) is 4.79 Å². The van der Waals surface area contributed by atoms with E-state index < -0.39 is 5.54 Å². The first-order valence-electron chi connectivity index (χ1n) is 5.76. The van der Waals surface area contributed by atoms with Crippen LogP contribution in [-0.2, 0) is 14.3 Å². The summed E-state index contributed by atoms with van der Waals surface area (Å²) in [5, 5.41) is 2.77. The highest BCUT2D eigenvalue weighted by molar-refractivity contribution is 5.85. The highest BCUT2D eigenvalue weighted by Crippen LogP contribution is 2.07. The number of hydrogen-bond donors (Lipinski definition) is 2. The minimum absolute atomic E-state index is 0. The van der Waals surface area contributed by atoms with Gasteiger partial charge in [-0.2, -0.15) is 0 Å². The molecule has 0 aromatic carbocycles. The Morgan fingerprint density at radius 3 is 2.82 bits per heavy atom. The molecule has 1 heterocycles. The summed E-state index contributed by atoms with van der Waals surface area (Å²) in [4.78, 5) is 11.4. The second-order valence-corrected chi connectivity index (χ2v) is 4.69. The summed E-state index contributed by atoms with van der Waals surface area (Å²) >= 11 is 0. The van der Waals surface area contributed by atoms with Crippen molar-refractivity contribution >= 4 is 18.3 Å². The summed E-state index contributed by atoms with van der Waals surface area (Å²) in [5.41, 5.74) is 4.83. The Morgan fingerprint density at radius 2 is 2.29 bits per heavy atom. The Balaban J connectivity index is 0.00000256. The van der Waals surface area contributed by atoms with Gasteiger partial charge in [-0.15, -0.1) is 12.4 Å². The third-order valence-electron chi connectivity index (χ3n) is 2.43. The second-order valence-electron chi connectivity index (χ2n) is 4.69. The predicted octanol–water partition coefficient (Wildman–Crippen LogP) is 0.457. The fraction of sp³-hybridized carbons (Fsp3) is 0.909. The van der Waals surface area contributed by atoms with Gasteiger partial charge in [0.25, 0.3) is 0 Å². The fourth-order valence-electron chi connectivity index (χ4n) is 1.40. The molecule has 0 spiro atoms. The van der Waals surface area contributed by atoms with Crippen molar-refractivity contribution in [2.45, 2.75) is 38.3 Å². The molecule has 1 unspecified atom stereocenters. The summed E-state index contributed by atoms with van der Waals surface area (Å²) in [6.45, 7) is 6.13. The topological polar surface area (TPSA) is 73.6 Å². The minimum Gasteiger partial charge on any atom is -0.379 e. The SMILES string of the molecule is CC(C)(N)C(=O)NCCCOC1CCOC1.Cl. The van der Waals surface area contributed by atoms with Crippen LogP contribution >= 0.6 is 12.4 Å². The van der Waals surface area contributed by atoms with Crippen LogP contribution in [0.15, 0.2) is 0 Å². The molecule has 1 rings (SSSR count). The molecule has 6 heteroatoms. The molecule has 1 amide bonds. The number of nitrogens with two attached hydrogens (primary N) is 1. The molecule has 0 aromatic heterocycles. The Hall–Kier alpha value is -0.360. The molecule has 1 fully saturated rings. The quantitative estimate of drug-likeness (QED) is 0.685. The summed E-state index contributed by atoms with van der Waals surface area (Å²) < 4.78 is 10.7. The van der Waals surface area contributed by atoms with E-state index >= 15 is 0 Å². The molecule has 0 saturated carbocycles. The molecule has 1 aliphatic heterocycles. The minimum atomic E-state index is -0.805. The first kappa shape index (κ1) is 16.6. The van der Waals surface area contributed by atoms with Crippen molar-refractivity contribution < 1.29 is 14.3 Å². The van der Waals surface area contributed by atoms with E-state index in [0.29, 0.717) is 19.8 Å². The van der Waals surface area contributed by atoms with Crippen molar-refractivity contribution in [3.05, 3.63) is 0 Å². The summed E-state index contributed by atoms with van der Waals surface area (Å²) in [6.07, 6.45) is 2.02. The van der Waals surface area contributed by atoms with Crippen LogP contribution in [-0.4, -0.2) is 43.9 Å². The Kier molecular flexibility index (Phi) is 7.70. The van der Waals surface area contributed by atoms with Gasteiger partial charge in [0, 0.05) is 19.8 Å². The largest absolute Gasteiger partial charge is 0.379 e. The van der Waals surface area contributed by atoms with Crippen LogP contribution in [0.5, 0.6) is 0 Å². The van der Waals surface area contributed by atoms with Gasteiger partial charge in [-0.1, -0.05) is 0 Å². The van der Waals surface area contributed by atoms with Crippen molar-refractivity contribution in [3.8, 4) is 0 Å². The van der Waals surface area contributed by atoms with Crippen molar-refractivity contribution in [2.24, 2.45) is 5.73 Å². The van der Waals surface area contributed by atoms with Crippen molar-refractivity contribution in [2.75, 3.05) is 26.4 Å². The molecule has 1 atom stereocenters. The lowest BCUT2D eigenvalue weighted by atomic mass is 10.1. The maximum absolute atomic E-state index is 11.4. The van der Waals surface area contributed by atoms with Crippen LogP contribution in [0.25, 0.3) is 0 Å². The van der Waals surface area contributed by atoms with Crippen LogP contribution in [0.1, 0.15) is 26.7 Å². The van der Waals surface area contributed by atoms with E-state index in [1.807, 2.05) is 0 Å². The zero-order valence-corrected chi connectivity index (χ0v) is 11.3. The number of amides is 1. The van der Waals surface area contributed by atoms with E-state index in [2.05, 4.69) is 5.32 Å². The van der Waals surface area contributed by atoms with Crippen LogP contribution in [0.2, 0.25) is 0 Å². The average Bonchev–Trinajstić information content (AvgIpc) is 2.68. The summed E-state index contributed by atoms with van der Waals surface area (Å²) in [6, 6.07) is 0. The van der Waals surface area contributed by atoms with Gasteiger partial charge >= 0.3 is 0 Å². The lowest BCUT2D eigenvalue weighted by Gasteiger charge is -2.17. The summed E-state index contributed by atoms with van der Waals surface area (Å²) in [7, 11) is 0. The van der Waals surface area contributed by atoms with Crippen molar-refractivity contribution in [3.63, 3.8) is 0 Å². The lowest BCUT2D eigenvalue weighted by molar-refractivity contribution is -0.125. The van der Waals surface area contributed by atoms with E-state index in [-0.39, 0.29) is 24.4 Å². The van der Waals surface area contributed by atoms with E-state index in [0.717, 1.165) is 19.4 Å². The number of carbonyl (C=O) groups excluding carboxylic acids is 1. The number of nitrogens with one attached hydrogen (secondary N) is 1. The molecular formula is C11H23ClN2O3. The fourth-order valence-corrected chi connectivity index (χ4v) is 1.40. The Bertz CT molecular complexity index is 225. The number of ether oxygens (including phenoxy) is 2. The van der Waals surface area contributed by atoms with Crippen molar-refractivity contribution in [1.29, 1.82) is 0 Å². The van der Waals surface area contributed by atoms with E-state index in [1.165, 1.54) is 0 Å². The van der Waals surface area contributed by atoms with E-state index in [1.54, 1.807) is 13.8 Å². The normalized spacial score (nSPS) is 19.8. The van der Waals surface area contributed by atoms with Gasteiger partial charge < -0.3 is 20.5 Å². The molecule has 0 bridgehead atoms. The maximum Gasteiger partial charge on any atom is 0.239 e. The van der Waals surface area contributed by atoms with Gasteiger partial charge in [-0.3, -0.25) is 4.79 Å². The highest BCUT2D eigenvalue weighted by atomic mass is 35.5. The van der Waals surface area contributed by atoms with Gasteiger partial charge in [-0.05, 0) is 26.7 Å². The van der Waals surface area contributed by atoms with Crippen LogP contribution in [0, 0.1) is 0 Å². The second kappa shape index (κ2) is 7.87. The molecule has 102 valence electrons. The smallest absolute Gasteiger partial charge is 0.239 e. The van der Waals surface area contributed by atoms with Crippen molar-refractivity contribution in [1.82, 2.24) is 5.32 Å². The monoisotopic (exact) mass is 266 g/mol. The number of halogens is 1. The maximum atomic E-state index is 11.4. The van der Waals surface area contributed by atoms with E-state index in [4.69, 9.17) is 15.2 Å². The molecule has 3 N–H and O–H groups in total. The zero-order valence-electron chi connectivity index (χ0n) is 10.5. The van der Waals surface area contributed by atoms with Gasteiger partial charge in [0.05, 0.1) is 18.2 Å². The lowest BCUT2D eigenvalue weighted by Crippen LogP contribution is -2.49. The first-order chi connectivity index (χ1) is 7.50. The molecule has 1 aliphatic rings. The average molecular weight is 267 g/mol. The molecule has 0 aromatic rings. The predicted molar refractivity (Wildman–Crippen MR) is 68.3 cm³/mol. The molecule has 1 saturated heterocycles. The van der Waals surface area contributed by atoms with Crippen LogP contribution < -0.4 is 11.1 Å². The van der Waals surface area contributed by atoms with Crippen LogP contribution in [0.3, 0.4) is 0 Å². The number of hydrogen-bond acceptors (Lipinski definition) is 4. The zero-order chi connectivity index (χ0) is 12.0. The van der Waals surface area contributed by atoms with Gasteiger partial charge in [0.2, 0.25) is 5.91 Å². The first-order valence-corrected chi connectivity index (χ1v) is 5.76. The molecule has 5 nitrogen and oxygen atoms in total. The van der Waals surface area contributed by atoms with Gasteiger partial charge in [-0.25, -0.2) is 0 Å². The van der Waals surface area contributed by atoms with Gasteiger partial charge in [0.15, 0.2) is 0 Å². The van der Waals surface area contributed by atoms with Crippen LogP contribution in [0.4, 0.5) is 0 Å². The standard InChI is InChI=1S/C11H22N2O3.ClH/c1-11(2,12)10(14)13-5-3-6-16-9-4-7-15-8-9;/h9H,3-8,12H2,1-2H3,(H,13,14);1H. The third-order valence-corrected chi connectivity index (χ3v) is 2.43. The molecule has 0 aliphatic carbocycles. The molecule has 17 heavy (non-hydrogen) atoms. The third kappa shape index (κ3) is 6.83. The highest BCUT2D eigenvalue weighted by Gasteiger charge is 2.21. The number of carbonyl (C=O) groups is 1. The molecular weight excluding hydrogens is 244 g/mol. The Morgan fingerprint density at radius 1 is 1.59 bits per heavy atom. The van der Waals surface area contributed by atoms with Gasteiger partial charge in [0.1, 0.15) is 0 Å². The molecule has 0 radical (unpaired) electrons. The number of rotatable bonds is 6. The Labute approximate surface area is 109 Å². The summed E-state index contributed by atoms with van der Waals surface area (Å²) in [5.74, 6) is -0.128.